The molecule has 1 aromatic heterocycles. The molecule has 5 heteroatoms. The molecule has 0 saturated carbocycles. The first-order valence-electron chi connectivity index (χ1n) is 7.08. The molecule has 3 nitrogen and oxygen atoms in total. The number of carbonyl (C=O) groups is 1. The van der Waals surface area contributed by atoms with Crippen molar-refractivity contribution in [3.8, 4) is 0 Å². The number of hydrogen-bond donors (Lipinski definition) is 1. The minimum Gasteiger partial charge on any atom is -0.345 e. The van der Waals surface area contributed by atoms with Gasteiger partial charge in [-0.25, -0.2) is 9.37 Å². The lowest BCUT2D eigenvalue weighted by Crippen LogP contribution is -2.32. The number of rotatable bonds is 5. The minimum absolute atomic E-state index is 0.166. The quantitative estimate of drug-likeness (QED) is 0.845. The van der Waals surface area contributed by atoms with Crippen LogP contribution in [-0.4, -0.2) is 17.1 Å². The lowest BCUT2D eigenvalue weighted by atomic mass is 9.95. The Morgan fingerprint density at radius 1 is 1.23 bits per heavy atom. The largest absolute Gasteiger partial charge is 0.345 e. The van der Waals surface area contributed by atoms with Gasteiger partial charge in [0, 0.05) is 6.20 Å². The maximum Gasteiger partial charge on any atom is 0.254 e. The summed E-state index contributed by atoms with van der Waals surface area (Å²) in [5.41, 5.74) is 1.45. The van der Waals surface area contributed by atoms with E-state index in [-0.39, 0.29) is 23.7 Å². The van der Waals surface area contributed by atoms with Crippen molar-refractivity contribution in [2.75, 3.05) is 6.26 Å². The summed E-state index contributed by atoms with van der Waals surface area (Å²) in [5, 5.41) is 3.72. The summed E-state index contributed by atoms with van der Waals surface area (Å²) in [4.78, 5) is 16.7. The molecule has 0 saturated heterocycles. The van der Waals surface area contributed by atoms with Crippen LogP contribution >= 0.6 is 11.8 Å². The van der Waals surface area contributed by atoms with Gasteiger partial charge in [0.05, 0.1) is 11.6 Å². The van der Waals surface area contributed by atoms with Crippen LogP contribution in [0.3, 0.4) is 0 Å². The Labute approximate surface area is 134 Å². The second kappa shape index (κ2) is 7.40. The molecule has 0 fully saturated rings. The molecule has 0 bridgehead atoms. The Balaban J connectivity index is 2.24. The zero-order chi connectivity index (χ0) is 16.1. The van der Waals surface area contributed by atoms with Gasteiger partial charge in [0.1, 0.15) is 10.8 Å². The molecule has 116 valence electrons. The standard InChI is InChI=1S/C17H19FN2OS/c1-11(2)15(12-6-8-13(18)9-7-12)20-16(21)14-5-4-10-19-17(14)22-3/h4-11,15H,1-3H3,(H,20,21)/t15-/m0/s1. The van der Waals surface area contributed by atoms with Gasteiger partial charge in [0.2, 0.25) is 0 Å². The number of benzene rings is 1. The maximum absolute atomic E-state index is 13.1. The number of carbonyl (C=O) groups excluding carboxylic acids is 1. The summed E-state index contributed by atoms with van der Waals surface area (Å²) >= 11 is 1.44. The molecule has 0 spiro atoms. The summed E-state index contributed by atoms with van der Waals surface area (Å²) in [5.74, 6) is -0.265. The van der Waals surface area contributed by atoms with E-state index in [1.165, 1.54) is 23.9 Å². The van der Waals surface area contributed by atoms with Crippen LogP contribution in [0, 0.1) is 11.7 Å². The van der Waals surface area contributed by atoms with Crippen molar-refractivity contribution in [2.45, 2.75) is 24.9 Å². The molecule has 1 aromatic carbocycles. The third kappa shape index (κ3) is 3.85. The van der Waals surface area contributed by atoms with Gasteiger partial charge >= 0.3 is 0 Å². The maximum atomic E-state index is 13.1. The topological polar surface area (TPSA) is 42.0 Å². The number of amides is 1. The fourth-order valence-electron chi connectivity index (χ4n) is 2.25. The normalized spacial score (nSPS) is 12.2. The second-order valence-electron chi connectivity index (χ2n) is 5.31. The SMILES string of the molecule is CSc1ncccc1C(=O)N[C@H](c1ccc(F)cc1)C(C)C. The Bertz CT molecular complexity index is 643. The summed E-state index contributed by atoms with van der Waals surface area (Å²) < 4.78 is 13.1. The molecule has 0 radical (unpaired) electrons. The summed E-state index contributed by atoms with van der Waals surface area (Å²) in [6.45, 7) is 4.04. The fraction of sp³-hybridized carbons (Fsp3) is 0.294. The van der Waals surface area contributed by atoms with Crippen molar-refractivity contribution in [1.29, 1.82) is 0 Å². The second-order valence-corrected chi connectivity index (χ2v) is 6.10. The zero-order valence-electron chi connectivity index (χ0n) is 12.8. The van der Waals surface area contributed by atoms with Gasteiger partial charge < -0.3 is 5.32 Å². The van der Waals surface area contributed by atoms with E-state index in [1.54, 1.807) is 30.5 Å². The van der Waals surface area contributed by atoms with E-state index in [1.807, 2.05) is 20.1 Å². The molecular weight excluding hydrogens is 299 g/mol. The third-order valence-corrected chi connectivity index (χ3v) is 4.10. The van der Waals surface area contributed by atoms with E-state index in [0.29, 0.717) is 10.6 Å². The molecule has 0 aliphatic heterocycles. The van der Waals surface area contributed by atoms with Gasteiger partial charge in [-0.15, -0.1) is 11.8 Å². The number of pyridine rings is 1. The molecule has 0 aliphatic rings. The number of halogens is 1. The predicted molar refractivity (Wildman–Crippen MR) is 87.5 cm³/mol. The van der Waals surface area contributed by atoms with Gasteiger partial charge in [-0.3, -0.25) is 4.79 Å². The van der Waals surface area contributed by atoms with Crippen molar-refractivity contribution in [2.24, 2.45) is 5.92 Å². The molecule has 1 amide bonds. The highest BCUT2D eigenvalue weighted by Crippen LogP contribution is 2.24. The Kier molecular flexibility index (Phi) is 5.55. The zero-order valence-corrected chi connectivity index (χ0v) is 13.7. The van der Waals surface area contributed by atoms with Crippen molar-refractivity contribution in [3.63, 3.8) is 0 Å². The van der Waals surface area contributed by atoms with Crippen molar-refractivity contribution >= 4 is 17.7 Å². The predicted octanol–water partition coefficient (Wildman–Crippen LogP) is 4.07. The Morgan fingerprint density at radius 3 is 2.50 bits per heavy atom. The van der Waals surface area contributed by atoms with E-state index < -0.39 is 0 Å². The molecule has 0 unspecified atom stereocenters. The lowest BCUT2D eigenvalue weighted by Gasteiger charge is -2.23. The van der Waals surface area contributed by atoms with Gasteiger partial charge in [-0.2, -0.15) is 0 Å². The average molecular weight is 318 g/mol. The van der Waals surface area contributed by atoms with E-state index in [0.717, 1.165) is 5.56 Å². The highest BCUT2D eigenvalue weighted by atomic mass is 32.2. The van der Waals surface area contributed by atoms with E-state index >= 15 is 0 Å². The molecule has 1 N–H and O–H groups in total. The van der Waals surface area contributed by atoms with Crippen LogP contribution in [0.2, 0.25) is 0 Å². The van der Waals surface area contributed by atoms with E-state index in [9.17, 15) is 9.18 Å². The van der Waals surface area contributed by atoms with Crippen molar-refractivity contribution < 1.29 is 9.18 Å². The minimum atomic E-state index is -0.283. The van der Waals surface area contributed by atoms with Gasteiger partial charge in [0.15, 0.2) is 0 Å². The molecule has 2 aromatic rings. The number of nitrogens with one attached hydrogen (secondary N) is 1. The van der Waals surface area contributed by atoms with Gasteiger partial charge in [0.25, 0.3) is 5.91 Å². The third-order valence-electron chi connectivity index (χ3n) is 3.39. The molecule has 0 aliphatic carbocycles. The highest BCUT2D eigenvalue weighted by molar-refractivity contribution is 7.98. The first-order valence-corrected chi connectivity index (χ1v) is 8.30. The monoisotopic (exact) mass is 318 g/mol. The molecule has 1 heterocycles. The number of nitrogens with zero attached hydrogens (tertiary/aromatic N) is 1. The highest BCUT2D eigenvalue weighted by Gasteiger charge is 2.21. The van der Waals surface area contributed by atoms with Crippen LogP contribution in [0.5, 0.6) is 0 Å². The van der Waals surface area contributed by atoms with Crippen molar-refractivity contribution in [1.82, 2.24) is 10.3 Å². The smallest absolute Gasteiger partial charge is 0.254 e. The van der Waals surface area contributed by atoms with Crippen LogP contribution in [0.25, 0.3) is 0 Å². The van der Waals surface area contributed by atoms with E-state index in [2.05, 4.69) is 10.3 Å². The molecule has 22 heavy (non-hydrogen) atoms. The number of aromatic nitrogens is 1. The summed E-state index contributed by atoms with van der Waals surface area (Å²) in [6.07, 6.45) is 3.56. The van der Waals surface area contributed by atoms with Gasteiger partial charge in [-0.1, -0.05) is 26.0 Å². The van der Waals surface area contributed by atoms with Gasteiger partial charge in [-0.05, 0) is 42.0 Å². The average Bonchev–Trinajstić information content (AvgIpc) is 2.53. The molecular formula is C17H19FN2OS. The van der Waals surface area contributed by atoms with Crippen molar-refractivity contribution in [3.05, 3.63) is 59.5 Å². The summed E-state index contributed by atoms with van der Waals surface area (Å²) in [7, 11) is 0. The van der Waals surface area contributed by atoms with E-state index in [4.69, 9.17) is 0 Å². The van der Waals surface area contributed by atoms with Crippen LogP contribution in [0.1, 0.15) is 35.8 Å². The Morgan fingerprint density at radius 2 is 1.91 bits per heavy atom. The Hall–Kier alpha value is -1.88. The first-order chi connectivity index (χ1) is 10.5. The van der Waals surface area contributed by atoms with Crippen LogP contribution in [-0.2, 0) is 0 Å². The van der Waals surface area contributed by atoms with Crippen LogP contribution < -0.4 is 5.32 Å². The number of hydrogen-bond acceptors (Lipinski definition) is 3. The van der Waals surface area contributed by atoms with Crippen LogP contribution in [0.15, 0.2) is 47.6 Å². The first kappa shape index (κ1) is 16.5. The van der Waals surface area contributed by atoms with Crippen LogP contribution in [0.4, 0.5) is 4.39 Å². The summed E-state index contributed by atoms with van der Waals surface area (Å²) in [6, 6.07) is 9.57. The lowest BCUT2D eigenvalue weighted by molar-refractivity contribution is 0.0922. The molecule has 2 rings (SSSR count). The molecule has 1 atom stereocenters. The fourth-order valence-corrected chi connectivity index (χ4v) is 2.80. The number of thioether (sulfide) groups is 1.